The molecule has 1 unspecified atom stereocenters. The maximum Gasteiger partial charge on any atom is 0.191 e. The Morgan fingerprint density at radius 3 is 2.56 bits per heavy atom. The van der Waals surface area contributed by atoms with E-state index in [4.69, 9.17) is 0 Å². The molecule has 1 saturated heterocycles. The van der Waals surface area contributed by atoms with Crippen LogP contribution in [-0.4, -0.2) is 50.1 Å². The second-order valence-corrected chi connectivity index (χ2v) is 7.17. The number of rotatable bonds is 6. The topological polar surface area (TPSA) is 39.7 Å². The Labute approximate surface area is 178 Å². The molecule has 1 fully saturated rings. The molecular weight excluding hydrogens is 461 g/mol. The summed E-state index contributed by atoms with van der Waals surface area (Å²) >= 11 is 0. The monoisotopic (exact) mass is 492 g/mol. The smallest absolute Gasteiger partial charge is 0.191 e. The van der Waals surface area contributed by atoms with E-state index in [9.17, 15) is 8.78 Å². The van der Waals surface area contributed by atoms with E-state index < -0.39 is 11.6 Å². The third kappa shape index (κ3) is 7.73. The fraction of sp³-hybridized carbons (Fsp3) is 0.550. The number of halogens is 3. The van der Waals surface area contributed by atoms with Crippen LogP contribution in [0.4, 0.5) is 8.78 Å². The van der Waals surface area contributed by atoms with E-state index in [0.29, 0.717) is 18.2 Å². The van der Waals surface area contributed by atoms with Gasteiger partial charge < -0.3 is 10.6 Å². The molecule has 0 aromatic heterocycles. The normalized spacial score (nSPS) is 17.1. The lowest BCUT2D eigenvalue weighted by molar-refractivity contribution is 0.221. The molecule has 1 aliphatic heterocycles. The minimum atomic E-state index is -0.554. The summed E-state index contributed by atoms with van der Waals surface area (Å²) in [5, 5.41) is 6.70. The van der Waals surface area contributed by atoms with Gasteiger partial charge in [0.05, 0.1) is 0 Å². The van der Waals surface area contributed by atoms with Crippen molar-refractivity contribution in [3.05, 3.63) is 47.5 Å². The predicted octanol–water partition coefficient (Wildman–Crippen LogP) is 3.89. The number of hydrogen-bond acceptors (Lipinski definition) is 2. The molecule has 0 amide bonds. The van der Waals surface area contributed by atoms with Crippen molar-refractivity contribution in [1.82, 2.24) is 15.5 Å². The second-order valence-electron chi connectivity index (χ2n) is 7.17. The van der Waals surface area contributed by atoms with Gasteiger partial charge in [0.15, 0.2) is 5.96 Å². The maximum absolute atomic E-state index is 13.9. The summed E-state index contributed by atoms with van der Waals surface area (Å²) in [4.78, 5) is 6.68. The summed E-state index contributed by atoms with van der Waals surface area (Å²) in [6, 6.07) is 4.10. The molecule has 0 saturated carbocycles. The van der Waals surface area contributed by atoms with Crippen molar-refractivity contribution >= 4 is 29.9 Å². The van der Waals surface area contributed by atoms with Crippen molar-refractivity contribution < 1.29 is 8.78 Å². The third-order valence-corrected chi connectivity index (χ3v) is 4.71. The number of nitrogens with one attached hydrogen (secondary N) is 2. The van der Waals surface area contributed by atoms with E-state index in [-0.39, 0.29) is 29.9 Å². The Morgan fingerprint density at radius 1 is 1.33 bits per heavy atom. The number of guanidine groups is 1. The number of benzene rings is 1. The van der Waals surface area contributed by atoms with Gasteiger partial charge >= 0.3 is 0 Å². The van der Waals surface area contributed by atoms with Crippen LogP contribution in [-0.2, 0) is 0 Å². The Balaban J connectivity index is 0.00000364. The van der Waals surface area contributed by atoms with Gasteiger partial charge in [-0.2, -0.15) is 0 Å². The van der Waals surface area contributed by atoms with Crippen molar-refractivity contribution in [2.24, 2.45) is 4.99 Å². The average Bonchev–Trinajstić information content (AvgIpc) is 2.59. The maximum atomic E-state index is 13.9. The third-order valence-electron chi connectivity index (χ3n) is 4.71. The van der Waals surface area contributed by atoms with Gasteiger partial charge in [-0.3, -0.25) is 9.89 Å². The molecule has 1 aromatic carbocycles. The van der Waals surface area contributed by atoms with Gasteiger partial charge in [-0.25, -0.2) is 8.78 Å². The minimum absolute atomic E-state index is 0. The standard InChI is InChI=1S/C20H30F2N4.HI/c1-14(2)13-26-9-7-17(8-10-26)25-20(23-4)24-12-15(3)18-6-5-16(21)11-19(18)22;/h5-6,11,15,17H,1,7-10,12-13H2,2-4H3,(H2,23,24,25);1H. The Hall–Kier alpha value is -1.22. The van der Waals surface area contributed by atoms with Crippen molar-refractivity contribution in [3.63, 3.8) is 0 Å². The summed E-state index contributed by atoms with van der Waals surface area (Å²) in [5.41, 5.74) is 1.69. The first-order chi connectivity index (χ1) is 12.4. The van der Waals surface area contributed by atoms with E-state index in [2.05, 4.69) is 34.0 Å². The zero-order valence-corrected chi connectivity index (χ0v) is 18.7. The Morgan fingerprint density at radius 2 is 2.00 bits per heavy atom. The fourth-order valence-electron chi connectivity index (χ4n) is 3.27. The van der Waals surface area contributed by atoms with Crippen LogP contribution in [0.15, 0.2) is 35.3 Å². The van der Waals surface area contributed by atoms with E-state index in [0.717, 1.165) is 44.5 Å². The molecule has 7 heteroatoms. The van der Waals surface area contributed by atoms with E-state index in [1.165, 1.54) is 17.7 Å². The van der Waals surface area contributed by atoms with Gasteiger partial charge in [0, 0.05) is 51.3 Å². The highest BCUT2D eigenvalue weighted by atomic mass is 127. The molecular formula is C20H31F2IN4. The molecule has 1 aromatic rings. The van der Waals surface area contributed by atoms with Gasteiger partial charge in [-0.1, -0.05) is 25.1 Å². The van der Waals surface area contributed by atoms with Crippen LogP contribution in [0.25, 0.3) is 0 Å². The molecule has 27 heavy (non-hydrogen) atoms. The molecule has 0 aliphatic carbocycles. The molecule has 2 rings (SSSR count). The number of likely N-dealkylation sites (tertiary alicyclic amines) is 1. The molecule has 1 atom stereocenters. The summed E-state index contributed by atoms with van der Waals surface area (Å²) < 4.78 is 26.9. The minimum Gasteiger partial charge on any atom is -0.356 e. The molecule has 2 N–H and O–H groups in total. The fourth-order valence-corrected chi connectivity index (χ4v) is 3.27. The number of aliphatic imine (C=N–C) groups is 1. The highest BCUT2D eigenvalue weighted by molar-refractivity contribution is 14.0. The van der Waals surface area contributed by atoms with Crippen LogP contribution < -0.4 is 10.6 Å². The van der Waals surface area contributed by atoms with E-state index in [1.807, 2.05) is 6.92 Å². The van der Waals surface area contributed by atoms with Crippen LogP contribution in [0.5, 0.6) is 0 Å². The van der Waals surface area contributed by atoms with Crippen molar-refractivity contribution in [2.45, 2.75) is 38.6 Å². The van der Waals surface area contributed by atoms with Crippen LogP contribution >= 0.6 is 24.0 Å². The largest absolute Gasteiger partial charge is 0.356 e. The lowest BCUT2D eigenvalue weighted by Crippen LogP contribution is -2.49. The molecule has 0 spiro atoms. The summed E-state index contributed by atoms with van der Waals surface area (Å²) in [7, 11) is 1.73. The van der Waals surface area contributed by atoms with Crippen LogP contribution in [0.1, 0.15) is 38.2 Å². The van der Waals surface area contributed by atoms with Gasteiger partial charge in [0.2, 0.25) is 0 Å². The van der Waals surface area contributed by atoms with Crippen LogP contribution in [0.3, 0.4) is 0 Å². The summed E-state index contributed by atoms with van der Waals surface area (Å²) in [5.74, 6) is -0.432. The molecule has 1 aliphatic rings. The number of nitrogens with zero attached hydrogens (tertiary/aromatic N) is 2. The quantitative estimate of drug-likeness (QED) is 0.274. The molecule has 0 radical (unpaired) electrons. The van der Waals surface area contributed by atoms with Gasteiger partial charge in [-0.15, -0.1) is 24.0 Å². The Kier molecular flexibility index (Phi) is 10.2. The first kappa shape index (κ1) is 23.8. The summed E-state index contributed by atoms with van der Waals surface area (Å²) in [6.45, 7) is 11.5. The first-order valence-electron chi connectivity index (χ1n) is 9.18. The SMILES string of the molecule is C=C(C)CN1CCC(NC(=NC)NCC(C)c2ccc(F)cc2F)CC1.I. The van der Waals surface area contributed by atoms with Crippen LogP contribution in [0, 0.1) is 11.6 Å². The molecule has 152 valence electrons. The molecule has 4 nitrogen and oxygen atoms in total. The van der Waals surface area contributed by atoms with Gasteiger partial charge in [0.1, 0.15) is 11.6 Å². The van der Waals surface area contributed by atoms with Crippen molar-refractivity contribution in [2.75, 3.05) is 33.2 Å². The number of piperidine rings is 1. The average molecular weight is 492 g/mol. The zero-order valence-electron chi connectivity index (χ0n) is 16.4. The predicted molar refractivity (Wildman–Crippen MR) is 119 cm³/mol. The van der Waals surface area contributed by atoms with Crippen molar-refractivity contribution in [3.8, 4) is 0 Å². The second kappa shape index (κ2) is 11.6. The molecule has 0 bridgehead atoms. The van der Waals surface area contributed by atoms with Gasteiger partial charge in [0.25, 0.3) is 0 Å². The Bertz CT molecular complexity index is 643. The first-order valence-corrected chi connectivity index (χ1v) is 9.18. The zero-order chi connectivity index (χ0) is 19.1. The van der Waals surface area contributed by atoms with E-state index in [1.54, 1.807) is 7.05 Å². The highest BCUT2D eigenvalue weighted by Gasteiger charge is 2.20. The molecule has 1 heterocycles. The highest BCUT2D eigenvalue weighted by Crippen LogP contribution is 2.19. The van der Waals surface area contributed by atoms with Crippen molar-refractivity contribution in [1.29, 1.82) is 0 Å². The lowest BCUT2D eigenvalue weighted by Gasteiger charge is -2.33. The lowest BCUT2D eigenvalue weighted by atomic mass is 10.0. The summed E-state index contributed by atoms with van der Waals surface area (Å²) in [6.07, 6.45) is 2.10. The van der Waals surface area contributed by atoms with Crippen LogP contribution in [0.2, 0.25) is 0 Å². The van der Waals surface area contributed by atoms with Gasteiger partial charge in [-0.05, 0) is 31.4 Å². The van der Waals surface area contributed by atoms with E-state index >= 15 is 0 Å². The number of hydrogen-bond donors (Lipinski definition) is 2.